The molecule has 0 saturated carbocycles. The molecule has 1 aliphatic rings. The van der Waals surface area contributed by atoms with Gasteiger partial charge in [-0.15, -0.1) is 0 Å². The van der Waals surface area contributed by atoms with Crippen LogP contribution >= 0.6 is 0 Å². The Morgan fingerprint density at radius 3 is 2.45 bits per heavy atom. The minimum absolute atomic E-state index is 0.0423. The number of ether oxygens (including phenoxy) is 1. The number of fused-ring (bicyclic) bond motifs is 1. The lowest BCUT2D eigenvalue weighted by molar-refractivity contribution is -0.149. The molecule has 29 heavy (non-hydrogen) atoms. The number of hydrogen-bond acceptors (Lipinski definition) is 4. The molecule has 1 unspecified atom stereocenters. The molecule has 0 fully saturated rings. The van der Waals surface area contributed by atoms with Crippen LogP contribution in [-0.2, 0) is 33.8 Å². The van der Waals surface area contributed by atoms with Crippen molar-refractivity contribution < 1.29 is 14.3 Å². The molecule has 0 radical (unpaired) electrons. The van der Waals surface area contributed by atoms with Crippen molar-refractivity contribution in [3.8, 4) is 0 Å². The van der Waals surface area contributed by atoms with E-state index in [1.807, 2.05) is 28.0 Å². The Balaban J connectivity index is 1.75. The van der Waals surface area contributed by atoms with Gasteiger partial charge in [-0.3, -0.25) is 14.5 Å². The van der Waals surface area contributed by atoms with Crippen LogP contribution in [-0.4, -0.2) is 47.9 Å². The maximum atomic E-state index is 13.2. The first-order chi connectivity index (χ1) is 14.0. The Morgan fingerprint density at radius 2 is 1.79 bits per heavy atom. The van der Waals surface area contributed by atoms with Crippen LogP contribution in [0.2, 0.25) is 0 Å². The Bertz CT molecular complexity index is 847. The van der Waals surface area contributed by atoms with Crippen molar-refractivity contribution in [1.82, 2.24) is 9.80 Å². The average molecular weight is 395 g/mol. The van der Waals surface area contributed by atoms with Gasteiger partial charge in [-0.05, 0) is 36.5 Å². The highest BCUT2D eigenvalue weighted by atomic mass is 16.5. The summed E-state index contributed by atoms with van der Waals surface area (Å²) >= 11 is 0. The summed E-state index contributed by atoms with van der Waals surface area (Å²) in [6.45, 7) is 6.19. The minimum atomic E-state index is -0.429. The molecule has 2 aromatic rings. The first-order valence-electron chi connectivity index (χ1n) is 10.2. The molecule has 0 saturated heterocycles. The van der Waals surface area contributed by atoms with E-state index in [1.165, 1.54) is 18.2 Å². The van der Waals surface area contributed by atoms with E-state index < -0.39 is 6.04 Å². The van der Waals surface area contributed by atoms with Crippen LogP contribution < -0.4 is 0 Å². The molecule has 3 rings (SSSR count). The third kappa shape index (κ3) is 5.24. The third-order valence-electron chi connectivity index (χ3n) is 5.50. The summed E-state index contributed by atoms with van der Waals surface area (Å²) in [6.07, 6.45) is 1.46. The van der Waals surface area contributed by atoms with Crippen LogP contribution in [0.15, 0.2) is 48.5 Å². The molecule has 0 bridgehead atoms. The fourth-order valence-electron chi connectivity index (χ4n) is 3.86. The van der Waals surface area contributed by atoms with Crippen LogP contribution in [0.1, 0.15) is 35.6 Å². The number of rotatable bonds is 7. The van der Waals surface area contributed by atoms with Gasteiger partial charge in [-0.25, -0.2) is 0 Å². The lowest BCUT2D eigenvalue weighted by atomic mass is 9.94. The van der Waals surface area contributed by atoms with Crippen molar-refractivity contribution in [3.05, 3.63) is 70.8 Å². The Labute approximate surface area is 173 Å². The second-order valence-corrected chi connectivity index (χ2v) is 7.72. The summed E-state index contributed by atoms with van der Waals surface area (Å²) in [5.74, 6) is -0.242. The van der Waals surface area contributed by atoms with Gasteiger partial charge in [0.05, 0.1) is 13.7 Å². The minimum Gasteiger partial charge on any atom is -0.468 e. The lowest BCUT2D eigenvalue weighted by Gasteiger charge is -2.36. The van der Waals surface area contributed by atoms with E-state index in [1.54, 1.807) is 0 Å². The Hall–Kier alpha value is -2.66. The summed E-state index contributed by atoms with van der Waals surface area (Å²) in [6, 6.07) is 15.9. The predicted octanol–water partition coefficient (Wildman–Crippen LogP) is 3.33. The number of carbonyl (C=O) groups is 2. The normalized spacial score (nSPS) is 16.2. The molecule has 1 aliphatic heterocycles. The van der Waals surface area contributed by atoms with Gasteiger partial charge < -0.3 is 9.64 Å². The van der Waals surface area contributed by atoms with Crippen molar-refractivity contribution in [2.75, 3.05) is 20.2 Å². The van der Waals surface area contributed by atoms with E-state index >= 15 is 0 Å². The van der Waals surface area contributed by atoms with Gasteiger partial charge in [0.25, 0.3) is 0 Å². The number of esters is 1. The predicted molar refractivity (Wildman–Crippen MR) is 113 cm³/mol. The second-order valence-electron chi connectivity index (χ2n) is 7.72. The summed E-state index contributed by atoms with van der Waals surface area (Å²) < 4.78 is 5.03. The van der Waals surface area contributed by atoms with E-state index in [0.29, 0.717) is 26.1 Å². The molecular formula is C24H30N2O3. The maximum Gasteiger partial charge on any atom is 0.323 e. The smallest absolute Gasteiger partial charge is 0.323 e. The largest absolute Gasteiger partial charge is 0.468 e. The molecule has 5 heteroatoms. The molecule has 1 atom stereocenters. The van der Waals surface area contributed by atoms with Crippen molar-refractivity contribution in [2.24, 2.45) is 0 Å². The van der Waals surface area contributed by atoms with Crippen molar-refractivity contribution >= 4 is 11.9 Å². The van der Waals surface area contributed by atoms with Crippen LogP contribution in [0.5, 0.6) is 0 Å². The molecule has 5 nitrogen and oxygen atoms in total. The van der Waals surface area contributed by atoms with Gasteiger partial charge in [0.15, 0.2) is 0 Å². The van der Waals surface area contributed by atoms with Crippen molar-refractivity contribution in [3.63, 3.8) is 0 Å². The number of benzene rings is 2. The summed E-state index contributed by atoms with van der Waals surface area (Å²) in [7, 11) is 1.41. The van der Waals surface area contributed by atoms with Gasteiger partial charge in [0, 0.05) is 19.6 Å². The fraction of sp³-hybridized carbons (Fsp3) is 0.417. The van der Waals surface area contributed by atoms with Crippen LogP contribution in [0, 0.1) is 6.92 Å². The van der Waals surface area contributed by atoms with Gasteiger partial charge >= 0.3 is 5.97 Å². The molecule has 1 heterocycles. The number of aryl methyl sites for hydroxylation is 1. The lowest BCUT2D eigenvalue weighted by Crippen LogP contribution is -2.50. The van der Waals surface area contributed by atoms with E-state index in [-0.39, 0.29) is 18.4 Å². The van der Waals surface area contributed by atoms with Gasteiger partial charge in [-0.1, -0.05) is 61.0 Å². The van der Waals surface area contributed by atoms with E-state index in [4.69, 9.17) is 4.74 Å². The maximum absolute atomic E-state index is 13.2. The SMILES string of the molecule is CCCN(Cc1ccc(C)cc1)C(=O)CN1Cc2ccccc2CC1C(=O)OC. The van der Waals surface area contributed by atoms with Crippen molar-refractivity contribution in [2.45, 2.75) is 45.8 Å². The number of carbonyl (C=O) groups excluding carboxylic acids is 2. The summed E-state index contributed by atoms with van der Waals surface area (Å²) in [5.41, 5.74) is 4.64. The van der Waals surface area contributed by atoms with E-state index in [9.17, 15) is 9.59 Å². The number of amides is 1. The van der Waals surface area contributed by atoms with E-state index in [0.717, 1.165) is 17.5 Å². The van der Waals surface area contributed by atoms with E-state index in [2.05, 4.69) is 44.2 Å². The fourth-order valence-corrected chi connectivity index (χ4v) is 3.86. The van der Waals surface area contributed by atoms with Gasteiger partial charge in [0.1, 0.15) is 6.04 Å². The number of hydrogen-bond donors (Lipinski definition) is 0. The standard InChI is InChI=1S/C24H30N2O3/c1-4-13-25(15-19-11-9-18(2)10-12-19)23(27)17-26-16-21-8-6-5-7-20(21)14-22(26)24(28)29-3/h5-12,22H,4,13-17H2,1-3H3. The highest BCUT2D eigenvalue weighted by Crippen LogP contribution is 2.24. The van der Waals surface area contributed by atoms with Crippen LogP contribution in [0.4, 0.5) is 0 Å². The molecule has 0 aromatic heterocycles. The van der Waals surface area contributed by atoms with Crippen LogP contribution in [0.25, 0.3) is 0 Å². The Kier molecular flexibility index (Phi) is 7.04. The molecule has 2 aromatic carbocycles. The molecular weight excluding hydrogens is 364 g/mol. The zero-order valence-corrected chi connectivity index (χ0v) is 17.6. The first-order valence-corrected chi connectivity index (χ1v) is 10.2. The average Bonchev–Trinajstić information content (AvgIpc) is 2.73. The topological polar surface area (TPSA) is 49.9 Å². The zero-order valence-electron chi connectivity index (χ0n) is 17.6. The third-order valence-corrected chi connectivity index (χ3v) is 5.50. The summed E-state index contributed by atoms with van der Waals surface area (Å²) in [5, 5.41) is 0. The molecule has 154 valence electrons. The highest BCUT2D eigenvalue weighted by molar-refractivity contribution is 5.81. The number of methoxy groups -OCH3 is 1. The van der Waals surface area contributed by atoms with Gasteiger partial charge in [0.2, 0.25) is 5.91 Å². The highest BCUT2D eigenvalue weighted by Gasteiger charge is 2.34. The number of nitrogens with zero attached hydrogens (tertiary/aromatic N) is 2. The monoisotopic (exact) mass is 394 g/mol. The Morgan fingerprint density at radius 1 is 1.10 bits per heavy atom. The molecule has 0 N–H and O–H groups in total. The molecule has 1 amide bonds. The quantitative estimate of drug-likeness (QED) is 0.676. The molecule has 0 spiro atoms. The first kappa shape index (κ1) is 21.1. The molecule has 0 aliphatic carbocycles. The second kappa shape index (κ2) is 9.70. The van der Waals surface area contributed by atoms with Gasteiger partial charge in [-0.2, -0.15) is 0 Å². The summed E-state index contributed by atoms with van der Waals surface area (Å²) in [4.78, 5) is 29.4. The zero-order chi connectivity index (χ0) is 20.8. The van der Waals surface area contributed by atoms with Crippen molar-refractivity contribution in [1.29, 1.82) is 0 Å². The van der Waals surface area contributed by atoms with Crippen LogP contribution in [0.3, 0.4) is 0 Å².